The molecule has 24 heavy (non-hydrogen) atoms. The Labute approximate surface area is 140 Å². The molecule has 4 nitrogen and oxygen atoms in total. The van der Waals surface area contributed by atoms with Crippen molar-refractivity contribution in [3.63, 3.8) is 0 Å². The minimum absolute atomic E-state index is 0.148. The molecule has 1 aromatic carbocycles. The van der Waals surface area contributed by atoms with E-state index in [0.29, 0.717) is 12.8 Å². The van der Waals surface area contributed by atoms with Crippen LogP contribution < -0.4 is 4.74 Å². The van der Waals surface area contributed by atoms with Crippen molar-refractivity contribution in [3.05, 3.63) is 29.3 Å². The van der Waals surface area contributed by atoms with Crippen LogP contribution in [0.5, 0.6) is 5.75 Å². The fourth-order valence-corrected chi connectivity index (χ4v) is 2.38. The molecular weight excluding hydrogens is 323 g/mol. The van der Waals surface area contributed by atoms with Gasteiger partial charge >= 0.3 is 12.1 Å². The second-order valence-electron chi connectivity index (χ2n) is 5.32. The molecule has 0 amide bonds. The summed E-state index contributed by atoms with van der Waals surface area (Å²) in [6.45, 7) is 5.57. The Balaban J connectivity index is 0.00000139. The van der Waals surface area contributed by atoms with E-state index in [4.69, 9.17) is 4.74 Å². The van der Waals surface area contributed by atoms with E-state index in [0.717, 1.165) is 26.3 Å². The largest absolute Gasteiger partial charge is 0.490 e. The van der Waals surface area contributed by atoms with Gasteiger partial charge < -0.3 is 14.4 Å². The van der Waals surface area contributed by atoms with E-state index in [1.54, 1.807) is 0 Å². The number of halogens is 3. The number of methoxy groups -OCH3 is 1. The molecule has 0 aliphatic carbocycles. The van der Waals surface area contributed by atoms with Crippen LogP contribution >= 0.6 is 0 Å². The lowest BCUT2D eigenvalue weighted by molar-refractivity contribution is -0.139. The van der Waals surface area contributed by atoms with Crippen LogP contribution in [0.3, 0.4) is 0 Å². The molecule has 0 spiro atoms. The Kier molecular flexibility index (Phi) is 7.54. The fraction of sp³-hybridized carbons (Fsp3) is 0.588. The summed E-state index contributed by atoms with van der Waals surface area (Å²) in [5.41, 5.74) is -1.10. The summed E-state index contributed by atoms with van der Waals surface area (Å²) in [5.74, 6) is -1.05. The molecule has 136 valence electrons. The second-order valence-corrected chi connectivity index (χ2v) is 5.32. The monoisotopic (exact) mass is 347 g/mol. The lowest BCUT2D eigenvalue weighted by Crippen LogP contribution is -2.36. The first-order valence-electron chi connectivity index (χ1n) is 7.96. The van der Waals surface area contributed by atoms with Gasteiger partial charge in [0.05, 0.1) is 18.2 Å². The predicted octanol–water partition coefficient (Wildman–Crippen LogP) is 3.99. The van der Waals surface area contributed by atoms with Crippen LogP contribution in [0.25, 0.3) is 0 Å². The van der Waals surface area contributed by atoms with Gasteiger partial charge in [0.15, 0.2) is 0 Å². The molecule has 1 aliphatic rings. The lowest BCUT2D eigenvalue weighted by atomic mass is 10.1. The Morgan fingerprint density at radius 2 is 1.79 bits per heavy atom. The molecule has 0 N–H and O–H groups in total. The summed E-state index contributed by atoms with van der Waals surface area (Å²) in [6, 6.07) is 3.24. The van der Waals surface area contributed by atoms with Crippen molar-refractivity contribution >= 4 is 5.97 Å². The molecule has 1 aliphatic heterocycles. The maximum atomic E-state index is 13.2. The minimum Gasteiger partial charge on any atom is -0.490 e. The number of hydrogen-bond acceptors (Lipinski definition) is 4. The van der Waals surface area contributed by atoms with Gasteiger partial charge in [0.2, 0.25) is 0 Å². The molecule has 1 fully saturated rings. The number of carbonyl (C=O) groups excluding carboxylic acids is 1. The van der Waals surface area contributed by atoms with Gasteiger partial charge in [-0.2, -0.15) is 13.2 Å². The first-order chi connectivity index (χ1) is 11.3. The SMILES string of the molecule is CC.COC(=O)c1ccc(OC2CCN(C)CC2)c(C(F)(F)F)c1. The highest BCUT2D eigenvalue weighted by atomic mass is 19.4. The zero-order chi connectivity index (χ0) is 18.3. The number of nitrogens with zero attached hydrogens (tertiary/aromatic N) is 1. The summed E-state index contributed by atoms with van der Waals surface area (Å²) < 4.78 is 49.5. The van der Waals surface area contributed by atoms with Crippen molar-refractivity contribution in [1.82, 2.24) is 4.90 Å². The number of carbonyl (C=O) groups is 1. The first kappa shape index (κ1) is 20.3. The molecule has 2 rings (SSSR count). The van der Waals surface area contributed by atoms with E-state index in [1.165, 1.54) is 12.1 Å². The van der Waals surface area contributed by atoms with Crippen LogP contribution in [0.1, 0.15) is 42.6 Å². The number of hydrogen-bond donors (Lipinski definition) is 0. The molecule has 1 saturated heterocycles. The molecule has 0 bridgehead atoms. The summed E-state index contributed by atoms with van der Waals surface area (Å²) >= 11 is 0. The van der Waals surface area contributed by atoms with Crippen molar-refractivity contribution in [2.75, 3.05) is 27.2 Å². The van der Waals surface area contributed by atoms with Crippen LogP contribution in [0, 0.1) is 0 Å². The van der Waals surface area contributed by atoms with Crippen molar-refractivity contribution in [2.24, 2.45) is 0 Å². The Morgan fingerprint density at radius 3 is 2.29 bits per heavy atom. The highest BCUT2D eigenvalue weighted by molar-refractivity contribution is 5.89. The lowest BCUT2D eigenvalue weighted by Gasteiger charge is -2.30. The van der Waals surface area contributed by atoms with Crippen molar-refractivity contribution in [2.45, 2.75) is 39.0 Å². The van der Waals surface area contributed by atoms with Crippen LogP contribution in [-0.4, -0.2) is 44.2 Å². The summed E-state index contributed by atoms with van der Waals surface area (Å²) in [7, 11) is 3.08. The normalized spacial score (nSPS) is 16.1. The maximum absolute atomic E-state index is 13.2. The van der Waals surface area contributed by atoms with E-state index >= 15 is 0 Å². The second kappa shape index (κ2) is 8.92. The average molecular weight is 347 g/mol. The van der Waals surface area contributed by atoms with Gasteiger partial charge in [-0.3, -0.25) is 0 Å². The number of esters is 1. The molecule has 0 aromatic heterocycles. The Morgan fingerprint density at radius 1 is 1.21 bits per heavy atom. The van der Waals surface area contributed by atoms with Crippen molar-refractivity contribution < 1.29 is 27.4 Å². The molecule has 1 heterocycles. The number of rotatable bonds is 3. The van der Waals surface area contributed by atoms with E-state index in [9.17, 15) is 18.0 Å². The third kappa shape index (κ3) is 5.40. The van der Waals surface area contributed by atoms with E-state index in [1.807, 2.05) is 20.9 Å². The summed E-state index contributed by atoms with van der Waals surface area (Å²) in [5, 5.41) is 0. The molecule has 0 atom stereocenters. The van der Waals surface area contributed by atoms with Crippen LogP contribution in [0.2, 0.25) is 0 Å². The van der Waals surface area contributed by atoms with Gasteiger partial charge in [-0.15, -0.1) is 0 Å². The van der Waals surface area contributed by atoms with Gasteiger partial charge in [0, 0.05) is 13.1 Å². The van der Waals surface area contributed by atoms with Crippen LogP contribution in [0.4, 0.5) is 13.2 Å². The predicted molar refractivity (Wildman–Crippen MR) is 85.3 cm³/mol. The number of benzene rings is 1. The average Bonchev–Trinajstić information content (AvgIpc) is 2.57. The Hall–Kier alpha value is -1.76. The van der Waals surface area contributed by atoms with Gasteiger partial charge in [-0.05, 0) is 38.1 Å². The molecule has 0 saturated carbocycles. The van der Waals surface area contributed by atoms with E-state index < -0.39 is 17.7 Å². The molecule has 7 heteroatoms. The highest BCUT2D eigenvalue weighted by Gasteiger charge is 2.36. The van der Waals surface area contributed by atoms with Gasteiger partial charge in [0.25, 0.3) is 0 Å². The van der Waals surface area contributed by atoms with E-state index in [-0.39, 0.29) is 17.4 Å². The van der Waals surface area contributed by atoms with Crippen molar-refractivity contribution in [3.8, 4) is 5.75 Å². The standard InChI is InChI=1S/C15H18F3NO3.C2H6/c1-19-7-5-11(6-8-19)22-13-4-3-10(14(20)21-2)9-12(13)15(16,17)18;1-2/h3-4,9,11H,5-8H2,1-2H3;1-2H3. The molecule has 1 aromatic rings. The van der Waals surface area contributed by atoms with Crippen molar-refractivity contribution in [1.29, 1.82) is 0 Å². The first-order valence-corrected chi connectivity index (χ1v) is 7.96. The molecular formula is C17H24F3NO3. The zero-order valence-corrected chi connectivity index (χ0v) is 14.4. The highest BCUT2D eigenvalue weighted by Crippen LogP contribution is 2.38. The number of ether oxygens (including phenoxy) is 2. The zero-order valence-electron chi connectivity index (χ0n) is 14.4. The van der Waals surface area contributed by atoms with Crippen LogP contribution in [0.15, 0.2) is 18.2 Å². The molecule has 0 radical (unpaired) electrons. The topological polar surface area (TPSA) is 38.8 Å². The number of alkyl halides is 3. The van der Waals surface area contributed by atoms with Gasteiger partial charge in [-0.1, -0.05) is 13.8 Å². The van der Waals surface area contributed by atoms with Crippen LogP contribution in [-0.2, 0) is 10.9 Å². The quantitative estimate of drug-likeness (QED) is 0.775. The number of likely N-dealkylation sites (tertiary alicyclic amines) is 1. The molecule has 0 unspecified atom stereocenters. The Bertz CT molecular complexity index is 538. The summed E-state index contributed by atoms with van der Waals surface area (Å²) in [4.78, 5) is 13.5. The minimum atomic E-state index is -4.59. The summed E-state index contributed by atoms with van der Waals surface area (Å²) in [6.07, 6.45) is -3.49. The third-order valence-electron chi connectivity index (χ3n) is 3.67. The fourth-order valence-electron chi connectivity index (χ4n) is 2.38. The third-order valence-corrected chi connectivity index (χ3v) is 3.67. The van der Waals surface area contributed by atoms with E-state index in [2.05, 4.69) is 9.64 Å². The maximum Gasteiger partial charge on any atom is 0.419 e. The smallest absolute Gasteiger partial charge is 0.419 e. The number of piperidine rings is 1. The van der Waals surface area contributed by atoms with Gasteiger partial charge in [0.1, 0.15) is 11.9 Å². The van der Waals surface area contributed by atoms with Gasteiger partial charge in [-0.25, -0.2) is 4.79 Å².